The van der Waals surface area contributed by atoms with Gasteiger partial charge >= 0.3 is 0 Å². The van der Waals surface area contributed by atoms with Crippen LogP contribution in [0.25, 0.3) is 0 Å². The summed E-state index contributed by atoms with van der Waals surface area (Å²) in [5.41, 5.74) is 0.0834. The van der Waals surface area contributed by atoms with Crippen molar-refractivity contribution in [3.63, 3.8) is 0 Å². The zero-order valence-corrected chi connectivity index (χ0v) is 9.77. The summed E-state index contributed by atoms with van der Waals surface area (Å²) >= 11 is 0. The summed E-state index contributed by atoms with van der Waals surface area (Å²) < 4.78 is 13.5. The van der Waals surface area contributed by atoms with Crippen LogP contribution >= 0.6 is 0 Å². The van der Waals surface area contributed by atoms with Crippen molar-refractivity contribution in [1.82, 2.24) is 4.90 Å². The third-order valence-electron chi connectivity index (χ3n) is 3.43. The van der Waals surface area contributed by atoms with E-state index in [9.17, 15) is 14.3 Å². The summed E-state index contributed by atoms with van der Waals surface area (Å²) in [6, 6.07) is 5.77. The fourth-order valence-corrected chi connectivity index (χ4v) is 2.33. The molecule has 1 amide bonds. The van der Waals surface area contributed by atoms with E-state index < -0.39 is 5.82 Å². The van der Waals surface area contributed by atoms with Crippen molar-refractivity contribution < 1.29 is 14.3 Å². The van der Waals surface area contributed by atoms with Crippen molar-refractivity contribution in [2.45, 2.75) is 19.4 Å². The fraction of sp³-hybridized carbons (Fsp3) is 0.462. The molecule has 1 fully saturated rings. The first-order valence-corrected chi connectivity index (χ1v) is 5.81. The molecule has 1 heterocycles. The average Bonchev–Trinajstić information content (AvgIpc) is 2.70. The maximum atomic E-state index is 13.5. The van der Waals surface area contributed by atoms with Gasteiger partial charge in [0.1, 0.15) is 5.82 Å². The van der Waals surface area contributed by atoms with Crippen molar-refractivity contribution >= 4 is 5.91 Å². The van der Waals surface area contributed by atoms with Crippen LogP contribution in [0.1, 0.15) is 23.7 Å². The Morgan fingerprint density at radius 2 is 2.24 bits per heavy atom. The van der Waals surface area contributed by atoms with Crippen LogP contribution in [0.2, 0.25) is 0 Å². The summed E-state index contributed by atoms with van der Waals surface area (Å²) in [4.78, 5) is 13.7. The molecule has 0 spiro atoms. The molecular formula is C13H16FNO2. The number of benzene rings is 1. The van der Waals surface area contributed by atoms with E-state index in [4.69, 9.17) is 0 Å². The molecule has 92 valence electrons. The molecule has 3 nitrogen and oxygen atoms in total. The highest BCUT2D eigenvalue weighted by Crippen LogP contribution is 2.25. The first-order chi connectivity index (χ1) is 8.15. The Kier molecular flexibility index (Phi) is 3.43. The minimum atomic E-state index is -0.506. The quantitative estimate of drug-likeness (QED) is 0.850. The molecular weight excluding hydrogens is 221 g/mol. The monoisotopic (exact) mass is 237 g/mol. The number of aliphatic hydroxyl groups excluding tert-OH is 1. The molecule has 1 saturated heterocycles. The Labute approximate surface area is 99.9 Å². The van der Waals surface area contributed by atoms with Gasteiger partial charge in [0.05, 0.1) is 18.2 Å². The van der Waals surface area contributed by atoms with Crippen molar-refractivity contribution in [1.29, 1.82) is 0 Å². The van der Waals surface area contributed by atoms with Gasteiger partial charge in [-0.25, -0.2) is 4.39 Å². The second kappa shape index (κ2) is 4.84. The third kappa shape index (κ3) is 2.17. The number of likely N-dealkylation sites (tertiary alicyclic amines) is 1. The molecule has 2 unspecified atom stereocenters. The number of hydrogen-bond acceptors (Lipinski definition) is 2. The smallest absolute Gasteiger partial charge is 0.257 e. The largest absolute Gasteiger partial charge is 0.394 e. The Hall–Kier alpha value is -1.42. The molecule has 1 aliphatic rings. The van der Waals surface area contributed by atoms with Gasteiger partial charge in [-0.15, -0.1) is 0 Å². The van der Waals surface area contributed by atoms with E-state index in [-0.39, 0.29) is 30.0 Å². The highest BCUT2D eigenvalue weighted by Gasteiger charge is 2.34. The molecule has 1 aliphatic heterocycles. The highest BCUT2D eigenvalue weighted by atomic mass is 19.1. The Balaban J connectivity index is 2.24. The van der Waals surface area contributed by atoms with E-state index in [0.29, 0.717) is 6.54 Å². The van der Waals surface area contributed by atoms with E-state index in [1.54, 1.807) is 17.0 Å². The number of carbonyl (C=O) groups excluding carboxylic acids is 1. The first-order valence-electron chi connectivity index (χ1n) is 5.81. The van der Waals surface area contributed by atoms with Gasteiger partial charge < -0.3 is 10.0 Å². The van der Waals surface area contributed by atoms with Crippen LogP contribution in [0.5, 0.6) is 0 Å². The SMILES string of the molecule is CC1CCN(C(=O)c2ccccc2F)C1CO. The van der Waals surface area contributed by atoms with Crippen LogP contribution in [0.15, 0.2) is 24.3 Å². The minimum Gasteiger partial charge on any atom is -0.394 e. The Bertz CT molecular complexity index is 422. The molecule has 0 saturated carbocycles. The number of aliphatic hydroxyl groups is 1. The molecule has 2 atom stereocenters. The predicted octanol–water partition coefficient (Wildman–Crippen LogP) is 1.67. The van der Waals surface area contributed by atoms with E-state index in [1.165, 1.54) is 12.1 Å². The first kappa shape index (κ1) is 12.0. The van der Waals surface area contributed by atoms with Crippen LogP contribution in [0.4, 0.5) is 4.39 Å². The number of amides is 1. The van der Waals surface area contributed by atoms with Crippen molar-refractivity contribution in [2.75, 3.05) is 13.2 Å². The van der Waals surface area contributed by atoms with Crippen LogP contribution in [-0.2, 0) is 0 Å². The molecule has 1 aromatic rings. The summed E-state index contributed by atoms with van der Waals surface area (Å²) in [5.74, 6) is -0.573. The molecule has 0 bridgehead atoms. The van der Waals surface area contributed by atoms with E-state index in [2.05, 4.69) is 0 Å². The lowest BCUT2D eigenvalue weighted by Gasteiger charge is -2.25. The Morgan fingerprint density at radius 1 is 1.53 bits per heavy atom. The second-order valence-electron chi connectivity index (χ2n) is 4.49. The van der Waals surface area contributed by atoms with Gasteiger partial charge in [-0.05, 0) is 24.5 Å². The maximum Gasteiger partial charge on any atom is 0.257 e. The van der Waals surface area contributed by atoms with Gasteiger partial charge in [0.15, 0.2) is 0 Å². The average molecular weight is 237 g/mol. The summed E-state index contributed by atoms with van der Waals surface area (Å²) in [5, 5.41) is 9.28. The van der Waals surface area contributed by atoms with E-state index >= 15 is 0 Å². The Morgan fingerprint density at radius 3 is 2.88 bits per heavy atom. The number of halogens is 1. The van der Waals surface area contributed by atoms with Crippen LogP contribution in [0, 0.1) is 11.7 Å². The lowest BCUT2D eigenvalue weighted by Crippen LogP contribution is -2.40. The maximum absolute atomic E-state index is 13.5. The molecule has 0 radical (unpaired) electrons. The second-order valence-corrected chi connectivity index (χ2v) is 4.49. The summed E-state index contributed by atoms with van der Waals surface area (Å²) in [7, 11) is 0. The van der Waals surface area contributed by atoms with Gasteiger partial charge in [0.25, 0.3) is 5.91 Å². The number of hydrogen-bond donors (Lipinski definition) is 1. The van der Waals surface area contributed by atoms with Crippen LogP contribution in [-0.4, -0.2) is 35.1 Å². The fourth-order valence-electron chi connectivity index (χ4n) is 2.33. The van der Waals surface area contributed by atoms with Crippen LogP contribution < -0.4 is 0 Å². The van der Waals surface area contributed by atoms with Crippen molar-refractivity contribution in [2.24, 2.45) is 5.92 Å². The summed E-state index contributed by atoms with van der Waals surface area (Å²) in [6.07, 6.45) is 0.853. The number of carbonyl (C=O) groups is 1. The van der Waals surface area contributed by atoms with E-state index in [1.807, 2.05) is 6.92 Å². The lowest BCUT2D eigenvalue weighted by molar-refractivity contribution is 0.0643. The van der Waals surface area contributed by atoms with Gasteiger partial charge in [0, 0.05) is 6.54 Å². The lowest BCUT2D eigenvalue weighted by atomic mass is 10.0. The van der Waals surface area contributed by atoms with Gasteiger partial charge in [-0.2, -0.15) is 0 Å². The molecule has 17 heavy (non-hydrogen) atoms. The summed E-state index contributed by atoms with van der Waals surface area (Å²) in [6.45, 7) is 2.51. The number of rotatable bonds is 2. The molecule has 0 aliphatic carbocycles. The normalized spacial score (nSPS) is 24.1. The molecule has 4 heteroatoms. The van der Waals surface area contributed by atoms with Gasteiger partial charge in [-0.1, -0.05) is 19.1 Å². The molecule has 2 rings (SSSR count). The molecule has 1 aromatic carbocycles. The van der Waals surface area contributed by atoms with Crippen LogP contribution in [0.3, 0.4) is 0 Å². The topological polar surface area (TPSA) is 40.5 Å². The van der Waals surface area contributed by atoms with Gasteiger partial charge in [0.2, 0.25) is 0 Å². The molecule has 0 aromatic heterocycles. The molecule has 1 N–H and O–H groups in total. The van der Waals surface area contributed by atoms with Crippen molar-refractivity contribution in [3.8, 4) is 0 Å². The van der Waals surface area contributed by atoms with E-state index in [0.717, 1.165) is 6.42 Å². The third-order valence-corrected chi connectivity index (χ3v) is 3.43. The highest BCUT2D eigenvalue weighted by molar-refractivity contribution is 5.94. The standard InChI is InChI=1S/C13H16FNO2/c1-9-6-7-15(12(9)8-16)13(17)10-4-2-3-5-11(10)14/h2-5,9,12,16H,6-8H2,1H3. The van der Waals surface area contributed by atoms with Gasteiger partial charge in [-0.3, -0.25) is 4.79 Å². The zero-order valence-electron chi connectivity index (χ0n) is 9.77. The zero-order chi connectivity index (χ0) is 12.4. The number of nitrogens with zero attached hydrogens (tertiary/aromatic N) is 1. The minimum absolute atomic E-state index is 0.0681. The van der Waals surface area contributed by atoms with Crippen molar-refractivity contribution in [3.05, 3.63) is 35.6 Å². The predicted molar refractivity (Wildman–Crippen MR) is 62.1 cm³/mol.